The Morgan fingerprint density at radius 2 is 0.602 bits per heavy atom. The van der Waals surface area contributed by atoms with Crippen molar-refractivity contribution in [3.05, 3.63) is 228 Å². The number of aryl methyl sites for hydroxylation is 3. The molecule has 18 heteroatoms. The van der Waals surface area contributed by atoms with E-state index in [-0.39, 0.29) is 0 Å². The molecular formula is C90H112N12O6. The molecule has 16 rings (SSSR count). The smallest absolute Gasteiger partial charge is 0.161 e. The summed E-state index contributed by atoms with van der Waals surface area (Å²) in [7, 11) is 3.34. The normalized spacial score (nSPS) is 15.2. The van der Waals surface area contributed by atoms with Crippen LogP contribution in [0.1, 0.15) is 123 Å². The van der Waals surface area contributed by atoms with Crippen molar-refractivity contribution in [2.75, 3.05) is 93.0 Å². The lowest BCUT2D eigenvalue weighted by Crippen LogP contribution is -2.30. The van der Waals surface area contributed by atoms with Gasteiger partial charge in [0.1, 0.15) is 72.7 Å². The highest BCUT2D eigenvalue weighted by molar-refractivity contribution is 5.78. The van der Waals surface area contributed by atoms with E-state index in [4.69, 9.17) is 48.4 Å². The molecule has 0 bridgehead atoms. The van der Waals surface area contributed by atoms with E-state index < -0.39 is 0 Å². The molecule has 18 nitrogen and oxygen atoms in total. The maximum absolute atomic E-state index is 6.17. The van der Waals surface area contributed by atoms with Crippen molar-refractivity contribution in [2.45, 2.75) is 157 Å². The zero-order valence-electron chi connectivity index (χ0n) is 64.8. The van der Waals surface area contributed by atoms with Crippen molar-refractivity contribution in [1.29, 1.82) is 0 Å². The minimum absolute atomic E-state index is 0.577. The molecule has 4 aliphatic heterocycles. The standard InChI is InChI=1S/2C23H29N3O.2C22H27N3O2/c1-18-9-8-10-19(2)23(18)27-16-15-26-21-12-5-4-11-20(21)24-22(26)17-25-13-6-3-7-14-25;1-18-9-8-12-22(19(18)2)27-16-15-26-21-11-5-4-10-20(21)24-23(26)17-25-13-6-3-7-14-25;1-26-20-11-5-6-12-21(20)27-16-15-25-19-10-4-3-9-18(19)23-22(25)17-24-13-7-2-8-14-24;1-26-18-8-7-9-19(16-18)27-15-14-25-21-11-4-3-10-20(21)23-22(25)17-24-12-5-2-6-13-24/h2*4-5,8-12H,3,6-7,13-17H2,1-2H3;3-6,9-12H,2,7-8,13-17H2,1H3;3-4,7-11,16H,2,5-6,12-15,17H2,1H3. The Morgan fingerprint density at radius 1 is 0.287 bits per heavy atom. The van der Waals surface area contributed by atoms with E-state index in [1.54, 1.807) is 14.2 Å². The molecule has 4 fully saturated rings. The van der Waals surface area contributed by atoms with Gasteiger partial charge in [-0.2, -0.15) is 0 Å². The quantitative estimate of drug-likeness (QED) is 0.0508. The molecule has 0 amide bonds. The molecule has 0 aliphatic carbocycles. The largest absolute Gasteiger partial charge is 0.497 e. The lowest BCUT2D eigenvalue weighted by Gasteiger charge is -2.26. The summed E-state index contributed by atoms with van der Waals surface area (Å²) in [6.07, 6.45) is 15.8. The third-order valence-corrected chi connectivity index (χ3v) is 21.6. The van der Waals surface area contributed by atoms with Gasteiger partial charge in [0.25, 0.3) is 0 Å². The summed E-state index contributed by atoms with van der Waals surface area (Å²) in [5, 5.41) is 0. The number of rotatable bonds is 26. The van der Waals surface area contributed by atoms with Gasteiger partial charge in [0, 0.05) is 6.07 Å². The average Bonchev–Trinajstić information content (AvgIpc) is 1.67. The van der Waals surface area contributed by atoms with Gasteiger partial charge in [0.05, 0.1) is 111 Å². The number of aromatic nitrogens is 8. The van der Waals surface area contributed by atoms with E-state index in [0.29, 0.717) is 26.4 Å². The number of imidazole rings is 4. The number of hydrogen-bond donors (Lipinski definition) is 0. The predicted octanol–water partition coefficient (Wildman–Crippen LogP) is 17.7. The van der Waals surface area contributed by atoms with Crippen molar-refractivity contribution >= 4 is 44.1 Å². The van der Waals surface area contributed by atoms with E-state index >= 15 is 0 Å². The number of likely N-dealkylation sites (tertiary alicyclic amines) is 4. The number of nitrogens with zero attached hydrogens (tertiary/aromatic N) is 12. The van der Waals surface area contributed by atoms with Crippen LogP contribution in [0.15, 0.2) is 182 Å². The van der Waals surface area contributed by atoms with E-state index in [1.165, 1.54) is 174 Å². The SMILES string of the molecule is COc1cccc(OCCn2c(CN3CCCCC3)nc3ccccc32)c1.COc1ccccc1OCCn1c(CN2CCCCC2)nc2ccccc21.Cc1cccc(C)c1OCCn1c(CN2CCCCC2)nc2ccccc21.Cc1cccc(OCCn2c(CN3CCCCC3)nc3ccccc32)c1C. The zero-order valence-corrected chi connectivity index (χ0v) is 64.8. The fourth-order valence-electron chi connectivity index (χ4n) is 15.6. The summed E-state index contributed by atoms with van der Waals surface area (Å²) in [5.41, 5.74) is 13.9. The highest BCUT2D eigenvalue weighted by Crippen LogP contribution is 2.30. The molecule has 4 aliphatic rings. The maximum atomic E-state index is 6.17. The monoisotopic (exact) mass is 1460 g/mol. The molecule has 4 aromatic heterocycles. The van der Waals surface area contributed by atoms with Gasteiger partial charge in [0.15, 0.2) is 11.5 Å². The topological polar surface area (TPSA) is 140 Å². The second-order valence-electron chi connectivity index (χ2n) is 29.2. The minimum Gasteiger partial charge on any atom is -0.497 e. The van der Waals surface area contributed by atoms with E-state index in [0.717, 1.165) is 132 Å². The first-order chi connectivity index (χ1) is 53.1. The number of piperidine rings is 4. The van der Waals surface area contributed by atoms with Crippen LogP contribution in [-0.4, -0.2) is 151 Å². The molecule has 568 valence electrons. The third-order valence-electron chi connectivity index (χ3n) is 21.6. The lowest BCUT2D eigenvalue weighted by atomic mass is 10.1. The van der Waals surface area contributed by atoms with Gasteiger partial charge in [-0.1, -0.05) is 123 Å². The van der Waals surface area contributed by atoms with Crippen molar-refractivity contribution in [2.24, 2.45) is 0 Å². The summed E-state index contributed by atoms with van der Waals surface area (Å²) in [4.78, 5) is 29.8. The van der Waals surface area contributed by atoms with Gasteiger partial charge in [-0.15, -0.1) is 0 Å². The van der Waals surface area contributed by atoms with Crippen LogP contribution in [0.3, 0.4) is 0 Å². The molecule has 12 aromatic rings. The fraction of sp³-hybridized carbons (Fsp3) is 0.422. The number of para-hydroxylation sites is 11. The Morgan fingerprint density at radius 3 is 1.00 bits per heavy atom. The average molecular weight is 1460 g/mol. The Labute approximate surface area is 639 Å². The Balaban J connectivity index is 0.000000127. The van der Waals surface area contributed by atoms with E-state index in [2.05, 4.69) is 199 Å². The van der Waals surface area contributed by atoms with Crippen LogP contribution in [0.25, 0.3) is 44.1 Å². The molecule has 4 saturated heterocycles. The summed E-state index contributed by atoms with van der Waals surface area (Å²) >= 11 is 0. The molecule has 0 atom stereocenters. The number of ether oxygens (including phenoxy) is 6. The Kier molecular flexibility index (Phi) is 27.5. The number of fused-ring (bicyclic) bond motifs is 4. The van der Waals surface area contributed by atoms with Gasteiger partial charge in [0.2, 0.25) is 0 Å². The van der Waals surface area contributed by atoms with Gasteiger partial charge in [-0.3, -0.25) is 19.6 Å². The first-order valence-corrected chi connectivity index (χ1v) is 39.7. The first-order valence-electron chi connectivity index (χ1n) is 39.7. The number of methoxy groups -OCH3 is 2. The molecule has 0 unspecified atom stereocenters. The second kappa shape index (κ2) is 38.9. The predicted molar refractivity (Wildman–Crippen MR) is 435 cm³/mol. The summed E-state index contributed by atoms with van der Waals surface area (Å²) in [5.74, 6) is 9.75. The summed E-state index contributed by atoms with van der Waals surface area (Å²) in [6.45, 7) is 27.2. The maximum Gasteiger partial charge on any atom is 0.161 e. The van der Waals surface area contributed by atoms with E-state index in [9.17, 15) is 0 Å². The number of benzene rings is 8. The van der Waals surface area contributed by atoms with Crippen LogP contribution in [0.2, 0.25) is 0 Å². The lowest BCUT2D eigenvalue weighted by molar-refractivity contribution is 0.211. The number of hydrogen-bond acceptors (Lipinski definition) is 14. The molecule has 0 N–H and O–H groups in total. The highest BCUT2D eigenvalue weighted by atomic mass is 16.5. The second-order valence-corrected chi connectivity index (χ2v) is 29.2. The van der Waals surface area contributed by atoms with Crippen molar-refractivity contribution in [1.82, 2.24) is 57.8 Å². The Bertz CT molecular complexity index is 4760. The van der Waals surface area contributed by atoms with Crippen LogP contribution >= 0.6 is 0 Å². The van der Waals surface area contributed by atoms with Crippen LogP contribution in [-0.2, 0) is 52.4 Å². The van der Waals surface area contributed by atoms with Crippen molar-refractivity contribution in [3.63, 3.8) is 0 Å². The van der Waals surface area contributed by atoms with Crippen LogP contribution in [0.4, 0.5) is 0 Å². The van der Waals surface area contributed by atoms with E-state index in [1.807, 2.05) is 48.5 Å². The molecule has 8 aromatic carbocycles. The molecular weight excluding hydrogens is 1350 g/mol. The minimum atomic E-state index is 0.577. The van der Waals surface area contributed by atoms with Gasteiger partial charge >= 0.3 is 0 Å². The summed E-state index contributed by atoms with van der Waals surface area (Å²) < 4.78 is 44.2. The third kappa shape index (κ3) is 20.3. The van der Waals surface area contributed by atoms with Crippen LogP contribution < -0.4 is 28.4 Å². The van der Waals surface area contributed by atoms with Gasteiger partial charge < -0.3 is 46.7 Å². The molecule has 0 saturated carbocycles. The van der Waals surface area contributed by atoms with Crippen LogP contribution in [0, 0.1) is 27.7 Å². The Hall–Kier alpha value is -9.72. The highest BCUT2D eigenvalue weighted by Gasteiger charge is 2.22. The zero-order chi connectivity index (χ0) is 74.2. The molecule has 108 heavy (non-hydrogen) atoms. The fourth-order valence-corrected chi connectivity index (χ4v) is 15.6. The van der Waals surface area contributed by atoms with Crippen molar-refractivity contribution < 1.29 is 28.4 Å². The molecule has 0 spiro atoms. The van der Waals surface area contributed by atoms with Gasteiger partial charge in [-0.25, -0.2) is 19.9 Å². The molecule has 0 radical (unpaired) electrons. The molecule has 8 heterocycles. The van der Waals surface area contributed by atoms with Crippen LogP contribution in [0.5, 0.6) is 34.5 Å². The summed E-state index contributed by atoms with van der Waals surface area (Å²) in [6, 6.07) is 61.7. The van der Waals surface area contributed by atoms with Gasteiger partial charge in [-0.05, 0) is 233 Å². The first kappa shape index (κ1) is 76.5. The van der Waals surface area contributed by atoms with Crippen molar-refractivity contribution in [3.8, 4) is 34.5 Å².